The zero-order valence-electron chi connectivity index (χ0n) is 15.4. The molecule has 0 saturated heterocycles. The first-order valence-electron chi connectivity index (χ1n) is 8.05. The van der Waals surface area contributed by atoms with E-state index < -0.39 is 62.2 Å². The average Bonchev–Trinajstić information content (AvgIpc) is 2.64. The number of nitrogens with two attached hydrogens (primary N) is 1. The van der Waals surface area contributed by atoms with E-state index in [0.717, 1.165) is 6.07 Å². The molecule has 3 rings (SSSR count). The van der Waals surface area contributed by atoms with Crippen LogP contribution in [0.4, 0.5) is 17.1 Å². The van der Waals surface area contributed by atoms with Crippen LogP contribution < -0.4 is 5.73 Å². The van der Waals surface area contributed by atoms with Crippen molar-refractivity contribution in [1.29, 1.82) is 0 Å². The van der Waals surface area contributed by atoms with Crippen LogP contribution in [-0.2, 0) is 30.4 Å². The van der Waals surface area contributed by atoms with Crippen LogP contribution in [0, 0.1) is 6.07 Å². The van der Waals surface area contributed by atoms with Crippen LogP contribution in [0.5, 0.6) is 5.75 Å². The molecular formula is C16H12N3O10S3. The monoisotopic (exact) mass is 502 g/mol. The fraction of sp³-hybridized carbons (Fsp3) is 0. The van der Waals surface area contributed by atoms with E-state index in [0.29, 0.717) is 18.2 Å². The molecule has 0 bridgehead atoms. The largest absolute Gasteiger partial charge is 0.505 e. The van der Waals surface area contributed by atoms with Gasteiger partial charge in [0.2, 0.25) is 0 Å². The second kappa shape index (κ2) is 7.76. The molecule has 0 aliphatic rings. The number of aromatic hydroxyl groups is 1. The lowest BCUT2D eigenvalue weighted by Gasteiger charge is -2.09. The Hall–Kier alpha value is -3.15. The summed E-state index contributed by atoms with van der Waals surface area (Å²) in [6.07, 6.45) is 0. The van der Waals surface area contributed by atoms with Gasteiger partial charge < -0.3 is 10.8 Å². The Bertz CT molecular complexity index is 1610. The van der Waals surface area contributed by atoms with Gasteiger partial charge in [0.25, 0.3) is 30.4 Å². The van der Waals surface area contributed by atoms with Crippen molar-refractivity contribution < 1.29 is 44.0 Å². The molecule has 16 heteroatoms. The van der Waals surface area contributed by atoms with Gasteiger partial charge in [-0.15, -0.1) is 10.2 Å². The molecule has 0 fully saturated rings. The van der Waals surface area contributed by atoms with Crippen LogP contribution in [0.15, 0.2) is 61.3 Å². The molecule has 32 heavy (non-hydrogen) atoms. The summed E-state index contributed by atoms with van der Waals surface area (Å²) in [4.78, 5) is -2.71. The minimum Gasteiger partial charge on any atom is -0.505 e. The Morgan fingerprint density at radius 2 is 1.41 bits per heavy atom. The maximum absolute atomic E-state index is 11.8. The van der Waals surface area contributed by atoms with E-state index in [-0.39, 0.29) is 16.5 Å². The number of fused-ring (bicyclic) bond motifs is 1. The van der Waals surface area contributed by atoms with Crippen LogP contribution >= 0.6 is 0 Å². The lowest BCUT2D eigenvalue weighted by molar-refractivity contribution is 0.472. The molecule has 3 aromatic rings. The van der Waals surface area contributed by atoms with Crippen molar-refractivity contribution in [2.75, 3.05) is 5.73 Å². The van der Waals surface area contributed by atoms with E-state index in [1.54, 1.807) is 0 Å². The van der Waals surface area contributed by atoms with E-state index in [2.05, 4.69) is 16.3 Å². The van der Waals surface area contributed by atoms with Crippen molar-refractivity contribution in [3.63, 3.8) is 0 Å². The molecule has 0 atom stereocenters. The molecule has 3 aromatic carbocycles. The van der Waals surface area contributed by atoms with Crippen molar-refractivity contribution in [2.24, 2.45) is 10.2 Å². The summed E-state index contributed by atoms with van der Waals surface area (Å²) in [6, 6.07) is 7.83. The summed E-state index contributed by atoms with van der Waals surface area (Å²) in [5.74, 6) is -0.811. The van der Waals surface area contributed by atoms with E-state index in [4.69, 9.17) is 10.3 Å². The van der Waals surface area contributed by atoms with Crippen molar-refractivity contribution in [3.8, 4) is 5.75 Å². The van der Waals surface area contributed by atoms with Gasteiger partial charge in [-0.1, -0.05) is 0 Å². The summed E-state index contributed by atoms with van der Waals surface area (Å²) in [7, 11) is -14.8. The van der Waals surface area contributed by atoms with Crippen LogP contribution in [0.3, 0.4) is 0 Å². The highest BCUT2D eigenvalue weighted by Gasteiger charge is 2.24. The van der Waals surface area contributed by atoms with E-state index in [1.807, 2.05) is 0 Å². The Labute approximate surface area is 181 Å². The number of anilines is 1. The first-order chi connectivity index (χ1) is 14.6. The quantitative estimate of drug-likeness (QED) is 0.192. The highest BCUT2D eigenvalue weighted by Crippen LogP contribution is 2.42. The predicted octanol–water partition coefficient (Wildman–Crippen LogP) is 2.08. The first-order valence-corrected chi connectivity index (χ1v) is 12.4. The van der Waals surface area contributed by atoms with E-state index in [9.17, 15) is 39.5 Å². The smallest absolute Gasteiger partial charge is 0.296 e. The molecule has 0 unspecified atom stereocenters. The van der Waals surface area contributed by atoms with Gasteiger partial charge in [0.1, 0.15) is 21.2 Å². The second-order valence-electron chi connectivity index (χ2n) is 6.20. The zero-order chi connectivity index (χ0) is 24.1. The molecule has 1 radical (unpaired) electrons. The maximum atomic E-state index is 11.8. The molecule has 0 amide bonds. The summed E-state index contributed by atoms with van der Waals surface area (Å²) in [6.45, 7) is 0. The number of azo groups is 1. The fourth-order valence-corrected chi connectivity index (χ4v) is 4.40. The lowest BCUT2D eigenvalue weighted by Crippen LogP contribution is -2.02. The number of phenolic OH excluding ortho intramolecular Hbond substituents is 1. The lowest BCUT2D eigenvalue weighted by atomic mass is 10.1. The molecule has 0 heterocycles. The molecule has 0 saturated carbocycles. The number of nitrogen functional groups attached to an aromatic ring is 1. The molecule has 0 spiro atoms. The molecule has 0 aliphatic heterocycles. The average molecular weight is 502 g/mol. The standard InChI is InChI=1S/C16H12N3O10S3/c17-9-1-3-11-8(5-9)6-14(32(27,28)29)15(16(11)20)19-18-12-7-10(30(21,22)23)2-4-13(12)31(24,25)26/h1-4,6-7,20H,17H2,(H,21,22,23)(H,24,25,26)(H,27,28,29). The number of nitrogens with zero attached hydrogens (tertiary/aromatic N) is 2. The molecule has 13 nitrogen and oxygen atoms in total. The van der Waals surface area contributed by atoms with Crippen LogP contribution in [0.1, 0.15) is 0 Å². The number of phenols is 1. The molecule has 169 valence electrons. The van der Waals surface area contributed by atoms with E-state index >= 15 is 0 Å². The van der Waals surface area contributed by atoms with Gasteiger partial charge in [0.15, 0.2) is 5.75 Å². The Kier molecular flexibility index (Phi) is 5.71. The van der Waals surface area contributed by atoms with Gasteiger partial charge >= 0.3 is 0 Å². The van der Waals surface area contributed by atoms with Crippen LogP contribution in [-0.4, -0.2) is 44.0 Å². The van der Waals surface area contributed by atoms with Crippen molar-refractivity contribution in [1.82, 2.24) is 0 Å². The number of benzene rings is 3. The fourth-order valence-electron chi connectivity index (χ4n) is 2.64. The highest BCUT2D eigenvalue weighted by molar-refractivity contribution is 7.86. The van der Waals surface area contributed by atoms with E-state index in [1.165, 1.54) is 12.1 Å². The first kappa shape index (κ1) is 23.5. The molecular weight excluding hydrogens is 490 g/mol. The highest BCUT2D eigenvalue weighted by atomic mass is 32.2. The third kappa shape index (κ3) is 4.69. The summed E-state index contributed by atoms with van der Waals surface area (Å²) < 4.78 is 97.4. The molecule has 0 aliphatic carbocycles. The zero-order valence-corrected chi connectivity index (χ0v) is 17.8. The molecule has 0 aromatic heterocycles. The number of rotatable bonds is 5. The van der Waals surface area contributed by atoms with Crippen molar-refractivity contribution in [3.05, 3.63) is 42.5 Å². The Balaban J connectivity index is 2.34. The third-order valence-electron chi connectivity index (χ3n) is 4.03. The van der Waals surface area contributed by atoms with Crippen LogP contribution in [0.2, 0.25) is 0 Å². The predicted molar refractivity (Wildman–Crippen MR) is 109 cm³/mol. The Morgan fingerprint density at radius 3 is 1.97 bits per heavy atom. The summed E-state index contributed by atoms with van der Waals surface area (Å²) in [5.41, 5.74) is 4.00. The minimum atomic E-state index is -5.01. The number of hydrogen-bond acceptors (Lipinski definition) is 10. The normalized spacial score (nSPS) is 13.1. The number of hydrogen-bond donors (Lipinski definition) is 5. The van der Waals surface area contributed by atoms with Gasteiger partial charge in [-0.05, 0) is 41.8 Å². The van der Waals surface area contributed by atoms with Gasteiger partial charge in [0.05, 0.1) is 4.90 Å². The van der Waals surface area contributed by atoms with Gasteiger partial charge in [-0.3, -0.25) is 13.7 Å². The minimum absolute atomic E-state index is 0.0118. The summed E-state index contributed by atoms with van der Waals surface area (Å²) in [5, 5.41) is 17.3. The van der Waals surface area contributed by atoms with Crippen LogP contribution in [0.25, 0.3) is 10.8 Å². The van der Waals surface area contributed by atoms with Gasteiger partial charge in [-0.2, -0.15) is 25.3 Å². The molecule has 6 N–H and O–H groups in total. The topological polar surface area (TPSA) is 234 Å². The summed E-state index contributed by atoms with van der Waals surface area (Å²) >= 11 is 0. The van der Waals surface area contributed by atoms with Crippen molar-refractivity contribution in [2.45, 2.75) is 14.7 Å². The van der Waals surface area contributed by atoms with Gasteiger partial charge in [-0.25, -0.2) is 0 Å². The SMILES string of the molecule is Nc1[c]c2cc(S(=O)(=O)O)c(N=Nc3cc(S(=O)(=O)O)ccc3S(=O)(=O)O)c(O)c2cc1. The third-order valence-corrected chi connectivity index (χ3v) is 6.65. The van der Waals surface area contributed by atoms with Gasteiger partial charge in [0, 0.05) is 17.1 Å². The maximum Gasteiger partial charge on any atom is 0.296 e. The second-order valence-corrected chi connectivity index (χ2v) is 10.4. The van der Waals surface area contributed by atoms with Crippen molar-refractivity contribution >= 4 is 58.2 Å². The Morgan fingerprint density at radius 1 is 0.781 bits per heavy atom.